The van der Waals surface area contributed by atoms with Crippen LogP contribution in [0.4, 0.5) is 0 Å². The molecule has 0 bridgehead atoms. The van der Waals surface area contributed by atoms with E-state index in [1.165, 1.54) is 0 Å². The molecule has 0 aliphatic heterocycles. The number of rotatable bonds is 5. The zero-order chi connectivity index (χ0) is 13.7. The van der Waals surface area contributed by atoms with E-state index in [9.17, 15) is 4.79 Å². The zero-order valence-corrected chi connectivity index (χ0v) is 12.3. The van der Waals surface area contributed by atoms with Crippen LogP contribution < -0.4 is 10.6 Å². The van der Waals surface area contributed by atoms with Gasteiger partial charge >= 0.3 is 0 Å². The minimum Gasteiger partial charge on any atom is -0.355 e. The predicted molar refractivity (Wildman–Crippen MR) is 76.2 cm³/mol. The maximum absolute atomic E-state index is 11.6. The van der Waals surface area contributed by atoms with Gasteiger partial charge in [0.25, 0.3) is 0 Å². The fraction of sp³-hybridized carbons (Fsp3) is 0.462. The molecule has 0 aliphatic rings. The summed E-state index contributed by atoms with van der Waals surface area (Å²) >= 11 is 11.8. The molecule has 0 fully saturated rings. The van der Waals surface area contributed by atoms with Crippen molar-refractivity contribution in [2.45, 2.75) is 32.9 Å². The molecule has 1 amide bonds. The van der Waals surface area contributed by atoms with Gasteiger partial charge in [0.05, 0.1) is 16.1 Å². The average molecular weight is 289 g/mol. The van der Waals surface area contributed by atoms with Crippen molar-refractivity contribution in [3.05, 3.63) is 33.8 Å². The van der Waals surface area contributed by atoms with Crippen molar-refractivity contribution >= 4 is 29.1 Å². The number of nitrogens with one attached hydrogen (secondary N) is 2. The quantitative estimate of drug-likeness (QED) is 0.874. The van der Waals surface area contributed by atoms with Gasteiger partial charge in [-0.1, -0.05) is 29.3 Å². The predicted octanol–water partition coefficient (Wildman–Crippen LogP) is 3.17. The number of benzene rings is 1. The standard InChI is InChI=1S/C13H18Cl2N2O/c1-4-16-13(18)9(3)17-8(2)10-5-6-11(14)12(15)7-10/h5-9,17H,4H2,1-3H3,(H,16,18). The third-order valence-electron chi connectivity index (χ3n) is 2.69. The van der Waals surface area contributed by atoms with Crippen LogP contribution in [-0.2, 0) is 4.79 Å². The van der Waals surface area contributed by atoms with Gasteiger partial charge in [0, 0.05) is 12.6 Å². The highest BCUT2D eigenvalue weighted by atomic mass is 35.5. The molecule has 0 heterocycles. The molecule has 0 aromatic heterocycles. The summed E-state index contributed by atoms with van der Waals surface area (Å²) in [5.74, 6) is -0.00981. The summed E-state index contributed by atoms with van der Waals surface area (Å²) in [5, 5.41) is 7.04. The molecule has 3 nitrogen and oxygen atoms in total. The van der Waals surface area contributed by atoms with Crippen molar-refractivity contribution in [1.82, 2.24) is 10.6 Å². The smallest absolute Gasteiger partial charge is 0.236 e. The van der Waals surface area contributed by atoms with Crippen LogP contribution in [0.2, 0.25) is 10.0 Å². The molecule has 2 N–H and O–H groups in total. The number of carbonyl (C=O) groups is 1. The second-order valence-electron chi connectivity index (χ2n) is 4.18. The second-order valence-corrected chi connectivity index (χ2v) is 4.99. The number of carbonyl (C=O) groups excluding carboxylic acids is 1. The third kappa shape index (κ3) is 4.16. The molecular formula is C13H18Cl2N2O. The Hall–Kier alpha value is -0.770. The largest absolute Gasteiger partial charge is 0.355 e. The summed E-state index contributed by atoms with van der Waals surface area (Å²) in [6.07, 6.45) is 0. The van der Waals surface area contributed by atoms with Gasteiger partial charge in [-0.05, 0) is 38.5 Å². The Morgan fingerprint density at radius 1 is 1.28 bits per heavy atom. The Morgan fingerprint density at radius 3 is 2.50 bits per heavy atom. The summed E-state index contributed by atoms with van der Waals surface area (Å²) in [6.45, 7) is 6.34. The van der Waals surface area contributed by atoms with Gasteiger partial charge in [0.15, 0.2) is 0 Å². The van der Waals surface area contributed by atoms with Gasteiger partial charge in [-0.2, -0.15) is 0 Å². The maximum atomic E-state index is 11.6. The summed E-state index contributed by atoms with van der Waals surface area (Å²) < 4.78 is 0. The Balaban J connectivity index is 2.67. The fourth-order valence-corrected chi connectivity index (χ4v) is 1.96. The molecule has 5 heteroatoms. The van der Waals surface area contributed by atoms with Gasteiger partial charge in [-0.3, -0.25) is 10.1 Å². The summed E-state index contributed by atoms with van der Waals surface area (Å²) in [4.78, 5) is 11.6. The topological polar surface area (TPSA) is 41.1 Å². The highest BCUT2D eigenvalue weighted by Gasteiger charge is 2.15. The molecule has 100 valence electrons. The van der Waals surface area contributed by atoms with Crippen LogP contribution in [0.3, 0.4) is 0 Å². The molecule has 1 aromatic carbocycles. The number of likely N-dealkylation sites (N-methyl/N-ethyl adjacent to an activating group) is 1. The molecule has 0 saturated carbocycles. The van der Waals surface area contributed by atoms with Crippen molar-refractivity contribution in [2.24, 2.45) is 0 Å². The van der Waals surface area contributed by atoms with Gasteiger partial charge in [-0.15, -0.1) is 0 Å². The molecule has 1 rings (SSSR count). The van der Waals surface area contributed by atoms with E-state index in [-0.39, 0.29) is 18.0 Å². The summed E-state index contributed by atoms with van der Waals surface area (Å²) in [5.41, 5.74) is 1.00. The first-order chi connectivity index (χ1) is 8.45. The van der Waals surface area contributed by atoms with Crippen molar-refractivity contribution in [3.8, 4) is 0 Å². The number of halogens is 2. The van der Waals surface area contributed by atoms with Crippen LogP contribution in [-0.4, -0.2) is 18.5 Å². The first-order valence-electron chi connectivity index (χ1n) is 5.94. The number of amides is 1. The third-order valence-corrected chi connectivity index (χ3v) is 3.43. The summed E-state index contributed by atoms with van der Waals surface area (Å²) in [6, 6.07) is 5.24. The zero-order valence-electron chi connectivity index (χ0n) is 10.8. The van der Waals surface area contributed by atoms with Crippen LogP contribution in [0, 0.1) is 0 Å². The average Bonchev–Trinajstić information content (AvgIpc) is 2.32. The second kappa shape index (κ2) is 6.98. The molecule has 2 atom stereocenters. The monoisotopic (exact) mass is 288 g/mol. The Bertz CT molecular complexity index is 423. The lowest BCUT2D eigenvalue weighted by molar-refractivity contribution is -0.122. The lowest BCUT2D eigenvalue weighted by Gasteiger charge is -2.20. The molecule has 0 saturated heterocycles. The Labute approximate surface area is 118 Å². The van der Waals surface area contributed by atoms with Crippen LogP contribution in [0.5, 0.6) is 0 Å². The van der Waals surface area contributed by atoms with E-state index in [1.807, 2.05) is 32.9 Å². The van der Waals surface area contributed by atoms with Crippen molar-refractivity contribution in [2.75, 3.05) is 6.54 Å². The SMILES string of the molecule is CCNC(=O)C(C)NC(C)c1ccc(Cl)c(Cl)c1. The van der Waals surface area contributed by atoms with Crippen LogP contribution >= 0.6 is 23.2 Å². The minimum atomic E-state index is -0.255. The van der Waals surface area contributed by atoms with Gasteiger partial charge in [0.1, 0.15) is 0 Å². The molecule has 0 aliphatic carbocycles. The molecule has 0 radical (unpaired) electrons. The summed E-state index contributed by atoms with van der Waals surface area (Å²) in [7, 11) is 0. The highest BCUT2D eigenvalue weighted by molar-refractivity contribution is 6.42. The first-order valence-corrected chi connectivity index (χ1v) is 6.70. The van der Waals surface area contributed by atoms with E-state index < -0.39 is 0 Å². The lowest BCUT2D eigenvalue weighted by Crippen LogP contribution is -2.43. The Kier molecular flexibility index (Phi) is 5.93. The van der Waals surface area contributed by atoms with E-state index >= 15 is 0 Å². The Morgan fingerprint density at radius 2 is 1.94 bits per heavy atom. The van der Waals surface area contributed by atoms with Gasteiger partial charge < -0.3 is 5.32 Å². The highest BCUT2D eigenvalue weighted by Crippen LogP contribution is 2.25. The fourth-order valence-electron chi connectivity index (χ4n) is 1.66. The molecule has 2 unspecified atom stereocenters. The first kappa shape index (κ1) is 15.3. The minimum absolute atomic E-state index is 0.00981. The normalized spacial score (nSPS) is 14.1. The molecule has 1 aromatic rings. The van der Waals surface area contributed by atoms with E-state index in [0.29, 0.717) is 16.6 Å². The lowest BCUT2D eigenvalue weighted by atomic mass is 10.1. The van der Waals surface area contributed by atoms with Crippen molar-refractivity contribution < 1.29 is 4.79 Å². The number of hydrogen-bond donors (Lipinski definition) is 2. The van der Waals surface area contributed by atoms with E-state index in [1.54, 1.807) is 6.07 Å². The molecular weight excluding hydrogens is 271 g/mol. The van der Waals surface area contributed by atoms with Crippen molar-refractivity contribution in [1.29, 1.82) is 0 Å². The van der Waals surface area contributed by atoms with Crippen molar-refractivity contribution in [3.63, 3.8) is 0 Å². The van der Waals surface area contributed by atoms with Crippen LogP contribution in [0.25, 0.3) is 0 Å². The van der Waals surface area contributed by atoms with E-state index in [0.717, 1.165) is 5.56 Å². The van der Waals surface area contributed by atoms with E-state index in [2.05, 4.69) is 10.6 Å². The molecule has 18 heavy (non-hydrogen) atoms. The van der Waals surface area contributed by atoms with Crippen LogP contribution in [0.15, 0.2) is 18.2 Å². The van der Waals surface area contributed by atoms with Crippen LogP contribution in [0.1, 0.15) is 32.4 Å². The van der Waals surface area contributed by atoms with Gasteiger partial charge in [-0.25, -0.2) is 0 Å². The molecule has 0 spiro atoms. The number of hydrogen-bond acceptors (Lipinski definition) is 2. The maximum Gasteiger partial charge on any atom is 0.236 e. The van der Waals surface area contributed by atoms with Gasteiger partial charge in [0.2, 0.25) is 5.91 Å². The van der Waals surface area contributed by atoms with E-state index in [4.69, 9.17) is 23.2 Å².